The van der Waals surface area contributed by atoms with Crippen LogP contribution in [0.5, 0.6) is 0 Å². The lowest BCUT2D eigenvalue weighted by atomic mass is 10.2. The van der Waals surface area contributed by atoms with Crippen LogP contribution in [0.4, 0.5) is 5.69 Å². The lowest BCUT2D eigenvalue weighted by molar-refractivity contribution is 0.576. The molecule has 0 aliphatic heterocycles. The van der Waals surface area contributed by atoms with Crippen LogP contribution < -0.4 is 8.43 Å². The van der Waals surface area contributed by atoms with E-state index in [1.807, 2.05) is 0 Å². The van der Waals surface area contributed by atoms with E-state index in [1.165, 1.54) is 36.5 Å². The number of nitrogens with one attached hydrogen (secondary N) is 1. The van der Waals surface area contributed by atoms with Crippen molar-refractivity contribution in [1.82, 2.24) is 9.71 Å². The van der Waals surface area contributed by atoms with Crippen molar-refractivity contribution in [2.24, 2.45) is 0 Å². The van der Waals surface area contributed by atoms with E-state index in [0.29, 0.717) is 19.1 Å². The van der Waals surface area contributed by atoms with Gasteiger partial charge in [0, 0.05) is 22.6 Å². The molecule has 1 heterocycles. The summed E-state index contributed by atoms with van der Waals surface area (Å²) in [4.78, 5) is 4.07. The fraction of sp³-hybridized carbons (Fsp3) is 0.118. The molecule has 0 spiro atoms. The number of hydrogen-bond donors (Lipinski definition) is 1. The van der Waals surface area contributed by atoms with Crippen molar-refractivity contribution in [2.75, 3.05) is 10.3 Å². The van der Waals surface area contributed by atoms with Crippen molar-refractivity contribution in [3.63, 3.8) is 0 Å². The number of hydrogen-bond acceptors (Lipinski definition) is 5. The third-order valence-corrected chi connectivity index (χ3v) is 8.32. The molecule has 7 nitrogen and oxygen atoms in total. The lowest BCUT2D eigenvalue weighted by Gasteiger charge is -2.25. The number of benzene rings is 2. The van der Waals surface area contributed by atoms with Crippen LogP contribution in [0.2, 0.25) is 0 Å². The molecule has 0 radical (unpaired) electrons. The fourth-order valence-electron chi connectivity index (χ4n) is 2.61. The molecule has 142 valence electrons. The summed E-state index contributed by atoms with van der Waals surface area (Å²) in [6.07, 6.45) is 1.37. The van der Waals surface area contributed by atoms with E-state index in [9.17, 15) is 16.8 Å². The molecule has 3 aromatic rings. The molecule has 27 heavy (non-hydrogen) atoms. The van der Waals surface area contributed by atoms with Crippen molar-refractivity contribution in [3.05, 3.63) is 65.3 Å². The highest BCUT2D eigenvalue weighted by Gasteiger charge is 2.36. The molecule has 0 unspecified atom stereocenters. The molecule has 0 saturated heterocycles. The Morgan fingerprint density at radius 2 is 1.70 bits per heavy atom. The highest BCUT2D eigenvalue weighted by molar-refractivity contribution is 9.10. The second-order valence-electron chi connectivity index (χ2n) is 5.48. The number of anilines is 1. The smallest absolute Gasteiger partial charge is 0.256 e. The molecule has 1 aromatic heterocycles. The predicted molar refractivity (Wildman–Crippen MR) is 108 cm³/mol. The van der Waals surface area contributed by atoms with Crippen molar-refractivity contribution in [3.8, 4) is 0 Å². The Morgan fingerprint density at radius 3 is 2.37 bits per heavy atom. The molecule has 3 rings (SSSR count). The number of halogens is 1. The van der Waals surface area contributed by atoms with E-state index in [4.69, 9.17) is 0 Å². The first-order chi connectivity index (χ1) is 12.8. The second-order valence-corrected chi connectivity index (χ2v) is 9.96. The SMILES string of the molecule is CCNS(=O)(=O)N(c1ccnc2cccc(Br)c12)S(=O)(=O)c1ccccc1. The van der Waals surface area contributed by atoms with E-state index < -0.39 is 20.2 Å². The molecule has 0 fully saturated rings. The van der Waals surface area contributed by atoms with Gasteiger partial charge in [-0.2, -0.15) is 21.6 Å². The average molecular weight is 470 g/mol. The van der Waals surface area contributed by atoms with E-state index in [-0.39, 0.29) is 17.1 Å². The minimum absolute atomic E-state index is 0.0164. The number of fused-ring (bicyclic) bond motifs is 1. The first-order valence-corrected chi connectivity index (χ1v) is 11.6. The van der Waals surface area contributed by atoms with Gasteiger partial charge < -0.3 is 0 Å². The largest absolute Gasteiger partial charge is 0.315 e. The van der Waals surface area contributed by atoms with Crippen LogP contribution >= 0.6 is 15.9 Å². The van der Waals surface area contributed by atoms with Crippen LogP contribution in [0.15, 0.2) is 70.2 Å². The van der Waals surface area contributed by atoms with Crippen molar-refractivity contribution in [2.45, 2.75) is 11.8 Å². The molecule has 1 N–H and O–H groups in total. The summed E-state index contributed by atoms with van der Waals surface area (Å²) in [5.41, 5.74) is 0.444. The quantitative estimate of drug-likeness (QED) is 0.598. The number of nitrogens with zero attached hydrogens (tertiary/aromatic N) is 2. The van der Waals surface area contributed by atoms with Gasteiger partial charge in [-0.05, 0) is 30.3 Å². The van der Waals surface area contributed by atoms with Crippen LogP contribution in [-0.4, -0.2) is 28.4 Å². The lowest BCUT2D eigenvalue weighted by Crippen LogP contribution is -2.44. The topological polar surface area (TPSA) is 96.4 Å². The van der Waals surface area contributed by atoms with Gasteiger partial charge in [-0.3, -0.25) is 4.98 Å². The van der Waals surface area contributed by atoms with Gasteiger partial charge in [0.25, 0.3) is 10.0 Å². The Bertz CT molecular complexity index is 1180. The summed E-state index contributed by atoms with van der Waals surface area (Å²) >= 11 is 3.37. The van der Waals surface area contributed by atoms with Gasteiger partial charge in [-0.15, -0.1) is 3.71 Å². The highest BCUT2D eigenvalue weighted by Crippen LogP contribution is 2.36. The molecule has 0 bridgehead atoms. The maximum Gasteiger partial charge on any atom is 0.315 e. The molecule has 0 aliphatic carbocycles. The summed E-state index contributed by atoms with van der Waals surface area (Å²) in [7, 11) is -8.80. The van der Waals surface area contributed by atoms with Gasteiger partial charge >= 0.3 is 10.2 Å². The Hall–Kier alpha value is -2.01. The van der Waals surface area contributed by atoms with Crippen molar-refractivity contribution in [1.29, 1.82) is 0 Å². The van der Waals surface area contributed by atoms with Gasteiger partial charge in [0.15, 0.2) is 0 Å². The van der Waals surface area contributed by atoms with Crippen LogP contribution in [-0.2, 0) is 20.2 Å². The maximum absolute atomic E-state index is 13.3. The second kappa shape index (κ2) is 7.55. The first kappa shape index (κ1) is 19.7. The zero-order valence-electron chi connectivity index (χ0n) is 14.2. The highest BCUT2D eigenvalue weighted by atomic mass is 79.9. The van der Waals surface area contributed by atoms with E-state index in [0.717, 1.165) is 0 Å². The van der Waals surface area contributed by atoms with Crippen molar-refractivity contribution < 1.29 is 16.8 Å². The molecule has 0 aliphatic rings. The Morgan fingerprint density at radius 1 is 1.00 bits per heavy atom. The predicted octanol–water partition coefficient (Wildman–Crippen LogP) is 3.05. The van der Waals surface area contributed by atoms with Gasteiger partial charge in [-0.1, -0.05) is 47.1 Å². The Balaban J connectivity index is 2.38. The van der Waals surface area contributed by atoms with Crippen LogP contribution in [0.25, 0.3) is 10.9 Å². The van der Waals surface area contributed by atoms with Gasteiger partial charge in [0.1, 0.15) is 0 Å². The third kappa shape index (κ3) is 3.70. The summed E-state index contributed by atoms with van der Waals surface area (Å²) < 4.78 is 55.6. The number of aromatic nitrogens is 1. The summed E-state index contributed by atoms with van der Waals surface area (Å²) in [6.45, 7) is 1.61. The average Bonchev–Trinajstić information content (AvgIpc) is 2.62. The van der Waals surface area contributed by atoms with Crippen LogP contribution in [0.3, 0.4) is 0 Å². The number of rotatable bonds is 6. The van der Waals surface area contributed by atoms with Gasteiger partial charge in [0.05, 0.1) is 16.1 Å². The van der Waals surface area contributed by atoms with Crippen molar-refractivity contribution >= 4 is 52.8 Å². The Kier molecular flexibility index (Phi) is 5.52. The number of sulfonamides is 1. The number of pyridine rings is 1. The van der Waals surface area contributed by atoms with Crippen LogP contribution in [0.1, 0.15) is 6.92 Å². The normalized spacial score (nSPS) is 12.2. The molecule has 0 atom stereocenters. The van der Waals surface area contributed by atoms with E-state index in [2.05, 4.69) is 25.6 Å². The Labute approximate surface area is 166 Å². The molecular weight excluding hydrogens is 454 g/mol. The molecule has 0 saturated carbocycles. The summed E-state index contributed by atoms with van der Waals surface area (Å²) in [5, 5.41) is 0.376. The maximum atomic E-state index is 13.3. The zero-order valence-corrected chi connectivity index (χ0v) is 17.4. The standard InChI is InChI=1S/C17H16BrN3O4S2/c1-2-20-27(24,25)21(26(22,23)13-7-4-3-5-8-13)16-11-12-19-15-10-6-9-14(18)17(15)16/h3-12,20H,2H2,1H3. The minimum atomic E-state index is -4.41. The molecular formula is C17H16BrN3O4S2. The van der Waals surface area contributed by atoms with E-state index in [1.54, 1.807) is 31.2 Å². The van der Waals surface area contributed by atoms with Gasteiger partial charge in [0.2, 0.25) is 0 Å². The summed E-state index contributed by atoms with van der Waals surface area (Å²) in [5.74, 6) is 0. The fourth-order valence-corrected chi connectivity index (χ4v) is 6.62. The zero-order chi connectivity index (χ0) is 19.7. The third-order valence-electron chi connectivity index (χ3n) is 3.69. The molecule has 2 aromatic carbocycles. The van der Waals surface area contributed by atoms with Gasteiger partial charge in [-0.25, -0.2) is 0 Å². The molecule has 10 heteroatoms. The van der Waals surface area contributed by atoms with Crippen LogP contribution in [0, 0.1) is 0 Å². The monoisotopic (exact) mass is 469 g/mol. The van der Waals surface area contributed by atoms with E-state index >= 15 is 0 Å². The first-order valence-electron chi connectivity index (χ1n) is 7.92. The summed E-state index contributed by atoms with van der Waals surface area (Å²) in [6, 6.07) is 13.9. The molecule has 0 amide bonds. The minimum Gasteiger partial charge on any atom is -0.256 e.